The van der Waals surface area contributed by atoms with Crippen molar-refractivity contribution in [2.45, 2.75) is 11.8 Å². The standard InChI is InChI=1S/C11H11NO2S/c1-7(13)5-11-12(2)9-6-8(14)3-4-10(9)15-11/h3-6,14H,1-2H3/b11-5-. The third kappa shape index (κ3) is 1.85. The summed E-state index contributed by atoms with van der Waals surface area (Å²) in [6, 6.07) is 5.20. The number of nitrogens with zero attached hydrogens (tertiary/aromatic N) is 1. The highest BCUT2D eigenvalue weighted by Crippen LogP contribution is 2.46. The van der Waals surface area contributed by atoms with Crippen molar-refractivity contribution in [2.75, 3.05) is 11.9 Å². The van der Waals surface area contributed by atoms with Crippen LogP contribution in [0, 0.1) is 0 Å². The highest BCUT2D eigenvalue weighted by atomic mass is 32.2. The first-order valence-corrected chi connectivity index (χ1v) is 5.36. The van der Waals surface area contributed by atoms with Gasteiger partial charge in [0, 0.05) is 24.1 Å². The number of rotatable bonds is 1. The van der Waals surface area contributed by atoms with Gasteiger partial charge < -0.3 is 10.0 Å². The number of hydrogen-bond acceptors (Lipinski definition) is 4. The molecule has 0 saturated heterocycles. The number of fused-ring (bicyclic) bond motifs is 1. The van der Waals surface area contributed by atoms with E-state index in [1.54, 1.807) is 18.2 Å². The van der Waals surface area contributed by atoms with Gasteiger partial charge in [0.05, 0.1) is 10.7 Å². The number of hydrogen-bond donors (Lipinski definition) is 1. The molecule has 1 aromatic carbocycles. The second kappa shape index (κ2) is 3.62. The summed E-state index contributed by atoms with van der Waals surface area (Å²) in [6.45, 7) is 1.53. The van der Waals surface area contributed by atoms with Crippen LogP contribution in [0.1, 0.15) is 6.92 Å². The molecule has 15 heavy (non-hydrogen) atoms. The van der Waals surface area contributed by atoms with Gasteiger partial charge in [-0.2, -0.15) is 0 Å². The first kappa shape index (κ1) is 10.1. The molecule has 0 aliphatic carbocycles. The molecule has 0 amide bonds. The molecular weight excluding hydrogens is 210 g/mol. The molecule has 2 rings (SSSR count). The Morgan fingerprint density at radius 1 is 1.53 bits per heavy atom. The average molecular weight is 221 g/mol. The van der Waals surface area contributed by atoms with E-state index in [2.05, 4.69) is 0 Å². The Kier molecular flexibility index (Phi) is 2.44. The molecule has 78 valence electrons. The number of phenols is 1. The van der Waals surface area contributed by atoms with Gasteiger partial charge in [-0.05, 0) is 19.1 Å². The second-order valence-corrected chi connectivity index (χ2v) is 4.47. The molecule has 0 saturated carbocycles. The summed E-state index contributed by atoms with van der Waals surface area (Å²) < 4.78 is 0. The molecule has 1 aliphatic heterocycles. The number of aromatic hydroxyl groups is 1. The molecule has 1 aromatic rings. The van der Waals surface area contributed by atoms with Gasteiger partial charge in [-0.25, -0.2) is 0 Å². The summed E-state index contributed by atoms with van der Waals surface area (Å²) in [7, 11) is 1.88. The van der Waals surface area contributed by atoms with Crippen molar-refractivity contribution in [2.24, 2.45) is 0 Å². The van der Waals surface area contributed by atoms with Crippen molar-refractivity contribution in [3.8, 4) is 5.75 Å². The molecule has 4 heteroatoms. The molecule has 0 fully saturated rings. The molecule has 0 radical (unpaired) electrons. The minimum absolute atomic E-state index is 0.0291. The van der Waals surface area contributed by atoms with Crippen LogP contribution in [-0.2, 0) is 4.79 Å². The number of carbonyl (C=O) groups is 1. The van der Waals surface area contributed by atoms with E-state index in [1.807, 2.05) is 18.0 Å². The lowest BCUT2D eigenvalue weighted by molar-refractivity contribution is -0.112. The van der Waals surface area contributed by atoms with E-state index in [0.29, 0.717) is 0 Å². The van der Waals surface area contributed by atoms with E-state index in [0.717, 1.165) is 15.6 Å². The molecule has 0 atom stereocenters. The molecule has 1 N–H and O–H groups in total. The Hall–Kier alpha value is -1.42. The zero-order valence-corrected chi connectivity index (χ0v) is 9.34. The molecule has 0 unspecified atom stereocenters. The highest BCUT2D eigenvalue weighted by molar-refractivity contribution is 8.03. The van der Waals surface area contributed by atoms with Gasteiger partial charge in [0.15, 0.2) is 5.78 Å². The summed E-state index contributed by atoms with van der Waals surface area (Å²) in [5, 5.41) is 10.3. The molecule has 0 spiro atoms. The lowest BCUT2D eigenvalue weighted by Gasteiger charge is -2.12. The lowest BCUT2D eigenvalue weighted by Crippen LogP contribution is -2.10. The van der Waals surface area contributed by atoms with Gasteiger partial charge in [-0.15, -0.1) is 0 Å². The number of carbonyl (C=O) groups excluding carboxylic acids is 1. The predicted octanol–water partition coefficient (Wildman–Crippen LogP) is 2.36. The maximum atomic E-state index is 11.0. The van der Waals surface area contributed by atoms with Gasteiger partial charge in [-0.3, -0.25) is 4.79 Å². The minimum atomic E-state index is 0.0291. The Morgan fingerprint density at radius 3 is 2.93 bits per heavy atom. The average Bonchev–Trinajstić information content (AvgIpc) is 2.44. The van der Waals surface area contributed by atoms with Crippen LogP contribution in [0.2, 0.25) is 0 Å². The molecule has 0 bridgehead atoms. The van der Waals surface area contributed by atoms with Crippen LogP contribution in [0.4, 0.5) is 5.69 Å². The monoisotopic (exact) mass is 221 g/mol. The molecule has 1 heterocycles. The molecule has 3 nitrogen and oxygen atoms in total. The first-order chi connectivity index (χ1) is 7.08. The highest BCUT2D eigenvalue weighted by Gasteiger charge is 2.22. The van der Waals surface area contributed by atoms with E-state index in [1.165, 1.54) is 18.7 Å². The van der Waals surface area contributed by atoms with Gasteiger partial charge in [-0.1, -0.05) is 11.8 Å². The number of phenolic OH excluding ortho intramolecular Hbond substituents is 1. The Bertz CT molecular complexity index is 454. The first-order valence-electron chi connectivity index (χ1n) is 4.55. The fourth-order valence-corrected chi connectivity index (χ4v) is 2.58. The SMILES string of the molecule is CC(=O)/C=C1\Sc2ccc(O)cc2N1C. The largest absolute Gasteiger partial charge is 0.508 e. The normalized spacial score (nSPS) is 16.9. The van der Waals surface area contributed by atoms with E-state index >= 15 is 0 Å². The number of thioether (sulfide) groups is 1. The maximum absolute atomic E-state index is 11.0. The topological polar surface area (TPSA) is 40.5 Å². The van der Waals surface area contributed by atoms with E-state index < -0.39 is 0 Å². The summed E-state index contributed by atoms with van der Waals surface area (Å²) >= 11 is 1.54. The van der Waals surface area contributed by atoms with Crippen molar-refractivity contribution < 1.29 is 9.90 Å². The third-order valence-corrected chi connectivity index (χ3v) is 3.34. The molecular formula is C11H11NO2S. The number of benzene rings is 1. The fourth-order valence-electron chi connectivity index (χ4n) is 1.45. The van der Waals surface area contributed by atoms with Gasteiger partial charge >= 0.3 is 0 Å². The van der Waals surface area contributed by atoms with Crippen molar-refractivity contribution >= 4 is 23.2 Å². The quantitative estimate of drug-likeness (QED) is 0.739. The van der Waals surface area contributed by atoms with E-state index in [9.17, 15) is 9.90 Å². The Balaban J connectivity index is 2.41. The third-order valence-electron chi connectivity index (χ3n) is 2.18. The zero-order valence-electron chi connectivity index (χ0n) is 8.52. The second-order valence-electron chi connectivity index (χ2n) is 3.41. The predicted molar refractivity (Wildman–Crippen MR) is 61.1 cm³/mol. The number of anilines is 1. The summed E-state index contributed by atoms with van der Waals surface area (Å²) in [5.74, 6) is 0.270. The van der Waals surface area contributed by atoms with Crippen LogP contribution >= 0.6 is 11.8 Å². The maximum Gasteiger partial charge on any atom is 0.155 e. The van der Waals surface area contributed by atoms with Crippen molar-refractivity contribution in [3.63, 3.8) is 0 Å². The number of allylic oxidation sites excluding steroid dienone is 1. The lowest BCUT2D eigenvalue weighted by atomic mass is 10.3. The summed E-state index contributed by atoms with van der Waals surface area (Å²) in [4.78, 5) is 14.0. The molecule has 1 aliphatic rings. The van der Waals surface area contributed by atoms with Crippen LogP contribution in [0.5, 0.6) is 5.75 Å². The fraction of sp³-hybridized carbons (Fsp3) is 0.182. The van der Waals surface area contributed by atoms with E-state index in [4.69, 9.17) is 0 Å². The van der Waals surface area contributed by atoms with Crippen LogP contribution in [-0.4, -0.2) is 17.9 Å². The van der Waals surface area contributed by atoms with Crippen molar-refractivity contribution in [3.05, 3.63) is 29.3 Å². The summed E-state index contributed by atoms with van der Waals surface area (Å²) in [6.07, 6.45) is 1.60. The van der Waals surface area contributed by atoms with Crippen LogP contribution in [0.15, 0.2) is 34.2 Å². The smallest absolute Gasteiger partial charge is 0.155 e. The Labute approximate surface area is 92.4 Å². The van der Waals surface area contributed by atoms with Crippen LogP contribution < -0.4 is 4.90 Å². The van der Waals surface area contributed by atoms with Crippen LogP contribution in [0.25, 0.3) is 0 Å². The summed E-state index contributed by atoms with van der Waals surface area (Å²) in [5.41, 5.74) is 0.938. The number of ketones is 1. The van der Waals surface area contributed by atoms with Crippen molar-refractivity contribution in [1.82, 2.24) is 0 Å². The van der Waals surface area contributed by atoms with Crippen molar-refractivity contribution in [1.29, 1.82) is 0 Å². The van der Waals surface area contributed by atoms with Crippen LogP contribution in [0.3, 0.4) is 0 Å². The Morgan fingerprint density at radius 2 is 2.27 bits per heavy atom. The van der Waals surface area contributed by atoms with Gasteiger partial charge in [0.1, 0.15) is 5.75 Å². The van der Waals surface area contributed by atoms with E-state index in [-0.39, 0.29) is 11.5 Å². The minimum Gasteiger partial charge on any atom is -0.508 e. The zero-order chi connectivity index (χ0) is 11.0. The van der Waals surface area contributed by atoms with Gasteiger partial charge in [0.25, 0.3) is 0 Å². The van der Waals surface area contributed by atoms with Gasteiger partial charge in [0.2, 0.25) is 0 Å². The molecule has 0 aromatic heterocycles.